The van der Waals surface area contributed by atoms with Gasteiger partial charge in [0.1, 0.15) is 16.8 Å². The maximum Gasteiger partial charge on any atom is 0.236 e. The SMILES string of the molecule is c1ccc(-c2nc(-n3c4ccc5sc6cccc7c6c5c4c4c3ccc3c5ccccc5n7c34)nc3c2oc2ccccc23)cc1. The maximum atomic E-state index is 6.44. The third kappa shape index (κ3) is 2.66. The monoisotopic (exact) mass is 604 g/mol. The number of fused-ring (bicyclic) bond motifs is 7. The molecule has 5 nitrogen and oxygen atoms in total. The highest BCUT2D eigenvalue weighted by molar-refractivity contribution is 7.26. The van der Waals surface area contributed by atoms with E-state index < -0.39 is 0 Å². The van der Waals surface area contributed by atoms with E-state index >= 15 is 0 Å². The summed E-state index contributed by atoms with van der Waals surface area (Å²) in [6.07, 6.45) is 0. The van der Waals surface area contributed by atoms with Crippen LogP contribution in [0.2, 0.25) is 0 Å². The van der Waals surface area contributed by atoms with E-state index in [1.54, 1.807) is 0 Å². The predicted molar refractivity (Wildman–Crippen MR) is 190 cm³/mol. The van der Waals surface area contributed by atoms with Crippen molar-refractivity contribution in [3.63, 3.8) is 0 Å². The van der Waals surface area contributed by atoms with E-state index in [-0.39, 0.29) is 0 Å². The van der Waals surface area contributed by atoms with E-state index in [2.05, 4.69) is 93.9 Å². The van der Waals surface area contributed by atoms with E-state index in [0.29, 0.717) is 11.5 Å². The quantitative estimate of drug-likeness (QED) is 0.197. The lowest BCUT2D eigenvalue weighted by molar-refractivity contribution is 0.666. The van der Waals surface area contributed by atoms with Crippen LogP contribution < -0.4 is 0 Å². The van der Waals surface area contributed by atoms with Gasteiger partial charge in [-0.25, -0.2) is 9.97 Å². The van der Waals surface area contributed by atoms with Gasteiger partial charge >= 0.3 is 0 Å². The van der Waals surface area contributed by atoms with Gasteiger partial charge in [-0.15, -0.1) is 11.3 Å². The second-order valence-electron chi connectivity index (χ2n) is 12.1. The van der Waals surface area contributed by atoms with Crippen LogP contribution in [0.1, 0.15) is 0 Å². The molecule has 46 heavy (non-hydrogen) atoms. The van der Waals surface area contributed by atoms with Gasteiger partial charge in [0.05, 0.1) is 27.6 Å². The van der Waals surface area contributed by atoms with Crippen LogP contribution >= 0.6 is 11.3 Å². The van der Waals surface area contributed by atoms with Gasteiger partial charge in [0.15, 0.2) is 5.58 Å². The fraction of sp³-hybridized carbons (Fsp3) is 0. The van der Waals surface area contributed by atoms with E-state index in [1.807, 2.05) is 47.7 Å². The van der Waals surface area contributed by atoms with Crippen molar-refractivity contribution in [1.82, 2.24) is 18.9 Å². The minimum absolute atomic E-state index is 0.639. The lowest BCUT2D eigenvalue weighted by Crippen LogP contribution is -2.03. The van der Waals surface area contributed by atoms with E-state index in [1.165, 1.54) is 58.3 Å². The standard InChI is InChI=1S/C40H20N4OS/c1-2-9-21(10-3-1)36-39-37(24-12-5-7-15-29(24)45-39)42-40(41-36)44-27-19-20-31-35-32-26(14-8-16-30(32)46-31)43-25-13-6-4-11-22(25)23-17-18-28(44)34(33(27)35)38(23)43/h1-20H. The second kappa shape index (κ2) is 7.99. The average molecular weight is 605 g/mol. The van der Waals surface area contributed by atoms with Crippen molar-refractivity contribution < 1.29 is 4.42 Å². The molecule has 0 aliphatic rings. The topological polar surface area (TPSA) is 48.3 Å². The Hall–Kier alpha value is -5.98. The maximum absolute atomic E-state index is 6.44. The molecule has 0 atom stereocenters. The molecule has 0 N–H and O–H groups in total. The molecule has 12 aromatic rings. The Balaban J connectivity index is 1.35. The molecule has 6 aromatic heterocycles. The molecule has 0 aliphatic heterocycles. The highest BCUT2D eigenvalue weighted by Gasteiger charge is 2.27. The summed E-state index contributed by atoms with van der Waals surface area (Å²) in [5.41, 5.74) is 10.0. The van der Waals surface area contributed by atoms with Gasteiger partial charge in [0, 0.05) is 52.7 Å². The summed E-state index contributed by atoms with van der Waals surface area (Å²) >= 11 is 1.87. The zero-order valence-electron chi connectivity index (χ0n) is 24.2. The van der Waals surface area contributed by atoms with Gasteiger partial charge in [-0.3, -0.25) is 4.57 Å². The molecule has 0 fully saturated rings. The lowest BCUT2D eigenvalue weighted by atomic mass is 10.0. The lowest BCUT2D eigenvalue weighted by Gasteiger charge is -2.10. The molecule has 12 rings (SSSR count). The normalized spacial score (nSPS) is 12.8. The number of furan rings is 1. The van der Waals surface area contributed by atoms with Crippen LogP contribution in [0.25, 0.3) is 109 Å². The first-order chi connectivity index (χ1) is 22.8. The highest BCUT2D eigenvalue weighted by Crippen LogP contribution is 2.50. The van der Waals surface area contributed by atoms with Gasteiger partial charge in [-0.1, -0.05) is 72.8 Å². The Morgan fingerprint density at radius 3 is 2.22 bits per heavy atom. The Kier molecular flexibility index (Phi) is 4.07. The molecule has 6 aromatic carbocycles. The average Bonchev–Trinajstić information content (AvgIpc) is 3.83. The van der Waals surface area contributed by atoms with Crippen molar-refractivity contribution in [1.29, 1.82) is 0 Å². The molecule has 0 aliphatic carbocycles. The second-order valence-corrected chi connectivity index (χ2v) is 13.2. The molecule has 6 heteroatoms. The Morgan fingerprint density at radius 2 is 1.28 bits per heavy atom. The van der Waals surface area contributed by atoms with E-state index in [9.17, 15) is 0 Å². The fourth-order valence-electron chi connectivity index (χ4n) is 8.05. The highest BCUT2D eigenvalue weighted by atomic mass is 32.1. The number of rotatable bonds is 2. The van der Waals surface area contributed by atoms with Gasteiger partial charge in [0.2, 0.25) is 5.95 Å². The first kappa shape index (κ1) is 23.4. The summed E-state index contributed by atoms with van der Waals surface area (Å²) in [5, 5.41) is 8.64. The van der Waals surface area contributed by atoms with Gasteiger partial charge < -0.3 is 8.82 Å². The van der Waals surface area contributed by atoms with Crippen LogP contribution in [0.3, 0.4) is 0 Å². The molecular weight excluding hydrogens is 585 g/mol. The number of para-hydroxylation sites is 2. The zero-order chi connectivity index (χ0) is 29.7. The predicted octanol–water partition coefficient (Wildman–Crippen LogP) is 10.9. The summed E-state index contributed by atoms with van der Waals surface area (Å²) in [4.78, 5) is 10.6. The van der Waals surface area contributed by atoms with Crippen LogP contribution in [0.5, 0.6) is 0 Å². The van der Waals surface area contributed by atoms with Crippen molar-refractivity contribution in [2.75, 3.05) is 0 Å². The first-order valence-electron chi connectivity index (χ1n) is 15.4. The van der Waals surface area contributed by atoms with E-state index in [0.717, 1.165) is 38.8 Å². The van der Waals surface area contributed by atoms with Crippen molar-refractivity contribution in [3.8, 4) is 17.2 Å². The Morgan fingerprint density at radius 1 is 0.522 bits per heavy atom. The molecule has 0 saturated carbocycles. The number of nitrogens with zero attached hydrogens (tertiary/aromatic N) is 4. The Labute approximate surface area is 263 Å². The number of thiophene rings is 1. The van der Waals surface area contributed by atoms with Crippen molar-refractivity contribution in [2.24, 2.45) is 0 Å². The van der Waals surface area contributed by atoms with Crippen LogP contribution in [0, 0.1) is 0 Å². The molecule has 0 saturated heterocycles. The third-order valence-corrected chi connectivity index (χ3v) is 11.0. The first-order valence-corrected chi connectivity index (χ1v) is 16.2. The Bertz CT molecular complexity index is 3200. The molecular formula is C40H20N4OS. The van der Waals surface area contributed by atoms with Crippen LogP contribution in [-0.4, -0.2) is 18.9 Å². The molecule has 0 bridgehead atoms. The summed E-state index contributed by atoms with van der Waals surface area (Å²) in [6, 6.07) is 43.1. The molecule has 6 heterocycles. The molecule has 0 unspecified atom stereocenters. The molecule has 0 spiro atoms. The van der Waals surface area contributed by atoms with Crippen LogP contribution in [0.4, 0.5) is 0 Å². The number of aromatic nitrogens is 4. The van der Waals surface area contributed by atoms with E-state index in [4.69, 9.17) is 14.4 Å². The van der Waals surface area contributed by atoms with Crippen molar-refractivity contribution in [2.45, 2.75) is 0 Å². The third-order valence-electron chi connectivity index (χ3n) is 9.86. The van der Waals surface area contributed by atoms with Crippen molar-refractivity contribution in [3.05, 3.63) is 121 Å². The summed E-state index contributed by atoms with van der Waals surface area (Å²) in [7, 11) is 0. The van der Waals surface area contributed by atoms with Crippen molar-refractivity contribution >= 4 is 103 Å². The molecule has 212 valence electrons. The number of hydrogen-bond acceptors (Lipinski definition) is 4. The van der Waals surface area contributed by atoms with Gasteiger partial charge in [0.25, 0.3) is 0 Å². The van der Waals surface area contributed by atoms with Gasteiger partial charge in [-0.2, -0.15) is 0 Å². The zero-order valence-corrected chi connectivity index (χ0v) is 25.0. The van der Waals surface area contributed by atoms with Crippen LogP contribution in [0.15, 0.2) is 126 Å². The number of hydrogen-bond donors (Lipinski definition) is 0. The minimum Gasteiger partial charge on any atom is -0.452 e. The largest absolute Gasteiger partial charge is 0.452 e. The molecule has 0 amide bonds. The number of benzene rings is 6. The smallest absolute Gasteiger partial charge is 0.236 e. The summed E-state index contributed by atoms with van der Waals surface area (Å²) in [5.74, 6) is 0.639. The molecule has 0 radical (unpaired) electrons. The minimum atomic E-state index is 0.639. The van der Waals surface area contributed by atoms with Crippen LogP contribution in [-0.2, 0) is 0 Å². The van der Waals surface area contributed by atoms with Gasteiger partial charge in [-0.05, 0) is 48.5 Å². The summed E-state index contributed by atoms with van der Waals surface area (Å²) < 4.78 is 13.8. The summed E-state index contributed by atoms with van der Waals surface area (Å²) in [6.45, 7) is 0. The fourth-order valence-corrected chi connectivity index (χ4v) is 9.19.